The molecule has 3 heterocycles. The fourth-order valence-electron chi connectivity index (χ4n) is 8.36. The molecule has 0 saturated heterocycles. The van der Waals surface area contributed by atoms with Gasteiger partial charge in [0.25, 0.3) is 0 Å². The summed E-state index contributed by atoms with van der Waals surface area (Å²) >= 11 is 0. The third-order valence-electron chi connectivity index (χ3n) is 10.7. The highest BCUT2D eigenvalue weighted by atomic mass is 15.1. The third-order valence-corrected chi connectivity index (χ3v) is 10.7. The molecule has 52 heavy (non-hydrogen) atoms. The van der Waals surface area contributed by atoms with Crippen molar-refractivity contribution in [3.05, 3.63) is 199 Å². The average molecular weight is 665 g/mol. The van der Waals surface area contributed by atoms with E-state index in [1.165, 1.54) is 54.4 Å². The molecule has 1 unspecified atom stereocenters. The minimum Gasteiger partial charge on any atom is -0.359 e. The zero-order valence-corrected chi connectivity index (χ0v) is 28.2. The van der Waals surface area contributed by atoms with E-state index >= 15 is 0 Å². The molecule has 0 aliphatic carbocycles. The molecule has 0 radical (unpaired) electrons. The van der Waals surface area contributed by atoms with Gasteiger partial charge in [0.15, 0.2) is 0 Å². The van der Waals surface area contributed by atoms with Crippen LogP contribution >= 0.6 is 0 Å². The Hall–Kier alpha value is -6.91. The number of anilines is 1. The van der Waals surface area contributed by atoms with Crippen LogP contribution in [0.25, 0.3) is 65.8 Å². The second-order valence-corrected chi connectivity index (χ2v) is 13.6. The maximum atomic E-state index is 5.34. The van der Waals surface area contributed by atoms with Gasteiger partial charge in [-0.3, -0.25) is 4.99 Å². The molecule has 1 aliphatic rings. The first-order valence-corrected chi connectivity index (χ1v) is 17.8. The molecule has 0 bridgehead atoms. The van der Waals surface area contributed by atoms with Gasteiger partial charge < -0.3 is 14.5 Å². The van der Waals surface area contributed by atoms with Gasteiger partial charge in [-0.25, -0.2) is 0 Å². The standard InChI is InChI=1S/C48H32N4/c1-2-13-33(14-3-1)48-49-46(40-28-24-31-12-4-5-15-36(31)47(40)50-48)32-22-25-34(26-23-32)51-44-21-11-8-18-39(44)41-30-35(27-29-45(41)51)52-42-19-9-6-16-37(42)38-17-7-10-20-43(38)52/h1-30,48,50H. The molecule has 0 amide bonds. The van der Waals surface area contributed by atoms with E-state index in [1.54, 1.807) is 0 Å². The van der Waals surface area contributed by atoms with Crippen LogP contribution in [-0.2, 0) is 0 Å². The van der Waals surface area contributed by atoms with Crippen LogP contribution in [0.1, 0.15) is 22.9 Å². The molecule has 0 saturated carbocycles. The lowest BCUT2D eigenvalue weighted by Crippen LogP contribution is -2.21. The highest BCUT2D eigenvalue weighted by molar-refractivity contribution is 6.20. The van der Waals surface area contributed by atoms with Crippen LogP contribution in [-0.4, -0.2) is 14.8 Å². The molecule has 10 aromatic rings. The van der Waals surface area contributed by atoms with Crippen LogP contribution in [0.15, 0.2) is 187 Å². The molecular weight excluding hydrogens is 633 g/mol. The number of hydrogen-bond acceptors (Lipinski definition) is 2. The molecule has 1 N–H and O–H groups in total. The number of para-hydroxylation sites is 3. The normalized spacial score (nSPS) is 14.2. The van der Waals surface area contributed by atoms with Crippen LogP contribution in [0.4, 0.5) is 5.69 Å². The lowest BCUT2D eigenvalue weighted by Gasteiger charge is -2.27. The van der Waals surface area contributed by atoms with E-state index in [-0.39, 0.29) is 6.17 Å². The fourth-order valence-corrected chi connectivity index (χ4v) is 8.36. The van der Waals surface area contributed by atoms with Crippen LogP contribution in [0, 0.1) is 0 Å². The average Bonchev–Trinajstić information content (AvgIpc) is 3.73. The first kappa shape index (κ1) is 28.9. The highest BCUT2D eigenvalue weighted by Gasteiger charge is 2.25. The van der Waals surface area contributed by atoms with E-state index in [0.29, 0.717) is 0 Å². The Kier molecular flexibility index (Phi) is 6.28. The Morgan fingerprint density at radius 1 is 0.423 bits per heavy atom. The molecule has 0 fully saturated rings. The molecule has 8 aromatic carbocycles. The largest absolute Gasteiger partial charge is 0.359 e. The van der Waals surface area contributed by atoms with Gasteiger partial charge in [0.2, 0.25) is 0 Å². The summed E-state index contributed by atoms with van der Waals surface area (Å²) < 4.78 is 4.79. The van der Waals surface area contributed by atoms with Gasteiger partial charge in [-0.05, 0) is 59.5 Å². The van der Waals surface area contributed by atoms with Crippen molar-refractivity contribution in [3.8, 4) is 11.4 Å². The summed E-state index contributed by atoms with van der Waals surface area (Å²) in [6.45, 7) is 0. The lowest BCUT2D eigenvalue weighted by molar-refractivity contribution is 0.830. The van der Waals surface area contributed by atoms with E-state index < -0.39 is 0 Å². The highest BCUT2D eigenvalue weighted by Crippen LogP contribution is 2.39. The molecule has 0 spiro atoms. The van der Waals surface area contributed by atoms with Crippen molar-refractivity contribution in [1.82, 2.24) is 9.13 Å². The molecule has 1 atom stereocenters. The minimum atomic E-state index is -0.185. The summed E-state index contributed by atoms with van der Waals surface area (Å²) in [5.41, 5.74) is 12.5. The quantitative estimate of drug-likeness (QED) is 0.200. The predicted molar refractivity (Wildman–Crippen MR) is 218 cm³/mol. The van der Waals surface area contributed by atoms with Gasteiger partial charge in [0.05, 0.1) is 33.5 Å². The number of aliphatic imine (C=N–C) groups is 1. The van der Waals surface area contributed by atoms with Gasteiger partial charge in [0, 0.05) is 49.4 Å². The molecule has 2 aromatic heterocycles. The monoisotopic (exact) mass is 664 g/mol. The van der Waals surface area contributed by atoms with Crippen molar-refractivity contribution >= 4 is 65.8 Å². The summed E-state index contributed by atoms with van der Waals surface area (Å²) in [6.07, 6.45) is -0.185. The molecule has 1 aliphatic heterocycles. The number of aromatic nitrogens is 2. The van der Waals surface area contributed by atoms with Gasteiger partial charge in [-0.15, -0.1) is 0 Å². The van der Waals surface area contributed by atoms with E-state index in [9.17, 15) is 0 Å². The SMILES string of the molecule is c1ccc(C2N=C(c3ccc(-n4c5ccccc5c5cc(-n6c7ccccc7c7ccccc76)ccc54)cc3)c3ccc4ccccc4c3N2)cc1. The fraction of sp³-hybridized carbons (Fsp3) is 0.0208. The smallest absolute Gasteiger partial charge is 0.145 e. The van der Waals surface area contributed by atoms with Crippen LogP contribution in [0.2, 0.25) is 0 Å². The molecule has 11 rings (SSSR count). The summed E-state index contributed by atoms with van der Waals surface area (Å²) in [6, 6.07) is 65.5. The molecular formula is C48H32N4. The Balaban J connectivity index is 1.06. The Morgan fingerprint density at radius 2 is 0.962 bits per heavy atom. The van der Waals surface area contributed by atoms with Crippen molar-refractivity contribution in [2.45, 2.75) is 6.17 Å². The van der Waals surface area contributed by atoms with E-state index in [1.807, 2.05) is 0 Å². The zero-order valence-electron chi connectivity index (χ0n) is 28.2. The summed E-state index contributed by atoms with van der Waals surface area (Å²) in [4.78, 5) is 5.34. The maximum absolute atomic E-state index is 5.34. The summed E-state index contributed by atoms with van der Waals surface area (Å²) in [5.74, 6) is 0. The molecule has 4 nitrogen and oxygen atoms in total. The third kappa shape index (κ3) is 4.31. The first-order valence-electron chi connectivity index (χ1n) is 17.8. The second-order valence-electron chi connectivity index (χ2n) is 13.6. The Labute approximate surface area is 300 Å². The number of nitrogens with zero attached hydrogens (tertiary/aromatic N) is 3. The van der Waals surface area contributed by atoms with Gasteiger partial charge >= 0.3 is 0 Å². The van der Waals surface area contributed by atoms with Crippen molar-refractivity contribution in [1.29, 1.82) is 0 Å². The van der Waals surface area contributed by atoms with Gasteiger partial charge in [0.1, 0.15) is 6.17 Å². The van der Waals surface area contributed by atoms with Crippen LogP contribution < -0.4 is 5.32 Å². The minimum absolute atomic E-state index is 0.185. The molecule has 4 heteroatoms. The number of hydrogen-bond donors (Lipinski definition) is 1. The van der Waals surface area contributed by atoms with E-state index in [0.717, 1.165) is 39.5 Å². The number of fused-ring (bicyclic) bond motifs is 9. The first-order chi connectivity index (χ1) is 25.8. The predicted octanol–water partition coefficient (Wildman–Crippen LogP) is 12.0. The van der Waals surface area contributed by atoms with Gasteiger partial charge in [-0.1, -0.05) is 133 Å². The number of nitrogens with one attached hydrogen (secondary N) is 1. The van der Waals surface area contributed by atoms with Crippen LogP contribution in [0.5, 0.6) is 0 Å². The second kappa shape index (κ2) is 11.3. The Morgan fingerprint density at radius 3 is 1.65 bits per heavy atom. The van der Waals surface area contributed by atoms with Crippen LogP contribution in [0.3, 0.4) is 0 Å². The zero-order chi connectivity index (χ0) is 34.2. The molecule has 244 valence electrons. The number of benzene rings is 8. The van der Waals surface area contributed by atoms with E-state index in [2.05, 4.69) is 196 Å². The van der Waals surface area contributed by atoms with Crippen molar-refractivity contribution in [2.75, 3.05) is 5.32 Å². The van der Waals surface area contributed by atoms with Crippen molar-refractivity contribution in [2.24, 2.45) is 4.99 Å². The summed E-state index contributed by atoms with van der Waals surface area (Å²) in [7, 11) is 0. The maximum Gasteiger partial charge on any atom is 0.145 e. The topological polar surface area (TPSA) is 34.2 Å². The van der Waals surface area contributed by atoms with E-state index in [4.69, 9.17) is 4.99 Å². The number of rotatable bonds is 4. The van der Waals surface area contributed by atoms with Crippen molar-refractivity contribution < 1.29 is 0 Å². The van der Waals surface area contributed by atoms with Gasteiger partial charge in [-0.2, -0.15) is 0 Å². The lowest BCUT2D eigenvalue weighted by atomic mass is 9.94. The van der Waals surface area contributed by atoms with Crippen molar-refractivity contribution in [3.63, 3.8) is 0 Å². The Bertz CT molecular complexity index is 2980. The summed E-state index contributed by atoms with van der Waals surface area (Å²) in [5, 5.41) is 11.2.